The van der Waals surface area contributed by atoms with E-state index in [2.05, 4.69) is 59.7 Å². The van der Waals surface area contributed by atoms with E-state index in [-0.39, 0.29) is 0 Å². The molecule has 0 aliphatic rings. The highest BCUT2D eigenvalue weighted by Crippen LogP contribution is 2.27. The molecule has 0 aliphatic carbocycles. The third-order valence-corrected chi connectivity index (χ3v) is 4.41. The molecule has 2 rings (SSSR count). The van der Waals surface area contributed by atoms with Gasteiger partial charge in [-0.2, -0.15) is 0 Å². The molecule has 21 heavy (non-hydrogen) atoms. The van der Waals surface area contributed by atoms with Gasteiger partial charge in [0.05, 0.1) is 18.5 Å². The number of halogens is 1. The highest BCUT2D eigenvalue weighted by Gasteiger charge is 2.15. The van der Waals surface area contributed by atoms with Gasteiger partial charge in [0.15, 0.2) is 0 Å². The number of nitrogens with two attached hydrogens (primary N) is 1. The van der Waals surface area contributed by atoms with Crippen molar-refractivity contribution in [1.29, 1.82) is 0 Å². The van der Waals surface area contributed by atoms with E-state index in [1.807, 2.05) is 24.3 Å². The van der Waals surface area contributed by atoms with E-state index in [0.29, 0.717) is 6.04 Å². The summed E-state index contributed by atoms with van der Waals surface area (Å²) in [6, 6.07) is 14.6. The minimum Gasteiger partial charge on any atom is -0.496 e. The second-order valence-corrected chi connectivity index (χ2v) is 6.42. The molecule has 0 bridgehead atoms. The molecule has 1 unspecified atom stereocenters. The Morgan fingerprint density at radius 3 is 2.62 bits per heavy atom. The largest absolute Gasteiger partial charge is 0.496 e. The first-order valence-electron chi connectivity index (χ1n) is 6.92. The Morgan fingerprint density at radius 2 is 1.95 bits per heavy atom. The van der Waals surface area contributed by atoms with E-state index in [1.54, 1.807) is 7.11 Å². The molecule has 0 saturated heterocycles. The first kappa shape index (κ1) is 15.9. The van der Waals surface area contributed by atoms with E-state index in [9.17, 15) is 0 Å². The van der Waals surface area contributed by atoms with E-state index >= 15 is 0 Å². The number of hydrogen-bond acceptors (Lipinski definition) is 3. The average molecular weight is 396 g/mol. The molecule has 1 atom stereocenters. The van der Waals surface area contributed by atoms with Gasteiger partial charge in [-0.1, -0.05) is 18.2 Å². The van der Waals surface area contributed by atoms with Crippen LogP contribution in [0.15, 0.2) is 42.5 Å². The van der Waals surface area contributed by atoms with Crippen LogP contribution in [0.25, 0.3) is 0 Å². The summed E-state index contributed by atoms with van der Waals surface area (Å²) in [6.45, 7) is 2.20. The van der Waals surface area contributed by atoms with E-state index in [4.69, 9.17) is 10.5 Å². The van der Waals surface area contributed by atoms with Gasteiger partial charge in [-0.05, 0) is 65.8 Å². The molecule has 0 aliphatic heterocycles. The fraction of sp³-hybridized carbons (Fsp3) is 0.294. The molecule has 3 nitrogen and oxygen atoms in total. The van der Waals surface area contributed by atoms with Gasteiger partial charge in [0.25, 0.3) is 0 Å². The zero-order chi connectivity index (χ0) is 15.4. The summed E-state index contributed by atoms with van der Waals surface area (Å²) in [6.07, 6.45) is 0.909. The zero-order valence-electron chi connectivity index (χ0n) is 12.6. The van der Waals surface area contributed by atoms with Crippen molar-refractivity contribution >= 4 is 34.0 Å². The normalized spacial score (nSPS) is 12.0. The molecule has 2 aromatic rings. The summed E-state index contributed by atoms with van der Waals surface area (Å²) in [5.74, 6) is 0.938. The number of hydrogen-bond donors (Lipinski definition) is 1. The van der Waals surface area contributed by atoms with Crippen LogP contribution in [0.5, 0.6) is 5.75 Å². The molecule has 2 aromatic carbocycles. The van der Waals surface area contributed by atoms with Crippen molar-refractivity contribution in [3.63, 3.8) is 0 Å². The van der Waals surface area contributed by atoms with Gasteiger partial charge in [0.1, 0.15) is 5.75 Å². The molecule has 0 amide bonds. The number of methoxy groups -OCH3 is 1. The molecular weight excluding hydrogens is 375 g/mol. The number of rotatable bonds is 5. The molecule has 0 fully saturated rings. The van der Waals surface area contributed by atoms with Crippen LogP contribution in [0.3, 0.4) is 0 Å². The molecule has 0 aromatic heterocycles. The summed E-state index contributed by atoms with van der Waals surface area (Å²) in [5, 5.41) is 0. The minimum absolute atomic E-state index is 0.323. The fourth-order valence-electron chi connectivity index (χ4n) is 2.41. The lowest BCUT2D eigenvalue weighted by Crippen LogP contribution is -2.31. The van der Waals surface area contributed by atoms with Crippen molar-refractivity contribution in [1.82, 2.24) is 0 Å². The van der Waals surface area contributed by atoms with E-state index in [1.165, 1.54) is 5.56 Å². The number of nitrogens with zero attached hydrogens (tertiary/aromatic N) is 1. The van der Waals surface area contributed by atoms with Crippen molar-refractivity contribution in [3.05, 3.63) is 51.6 Å². The number of benzene rings is 2. The van der Waals surface area contributed by atoms with Gasteiger partial charge >= 0.3 is 0 Å². The van der Waals surface area contributed by atoms with Crippen molar-refractivity contribution in [3.8, 4) is 5.75 Å². The lowest BCUT2D eigenvalue weighted by atomic mass is 10.0. The van der Waals surface area contributed by atoms with Gasteiger partial charge in [-0.25, -0.2) is 0 Å². The third kappa shape index (κ3) is 3.81. The third-order valence-electron chi connectivity index (χ3n) is 3.74. The minimum atomic E-state index is 0.323. The average Bonchev–Trinajstić information content (AvgIpc) is 2.47. The second-order valence-electron chi connectivity index (χ2n) is 5.18. The van der Waals surface area contributed by atoms with Crippen LogP contribution in [0.4, 0.5) is 11.4 Å². The maximum Gasteiger partial charge on any atom is 0.122 e. The van der Waals surface area contributed by atoms with Crippen molar-refractivity contribution < 1.29 is 4.74 Å². The number of para-hydroxylation sites is 1. The first-order valence-corrected chi connectivity index (χ1v) is 8.00. The summed E-state index contributed by atoms with van der Waals surface area (Å²) in [4.78, 5) is 2.22. The summed E-state index contributed by atoms with van der Waals surface area (Å²) >= 11 is 2.28. The maximum absolute atomic E-state index is 6.14. The predicted octanol–water partition coefficient (Wildman–Crippen LogP) is 3.95. The van der Waals surface area contributed by atoms with Crippen molar-refractivity contribution in [2.45, 2.75) is 19.4 Å². The van der Waals surface area contributed by atoms with Gasteiger partial charge in [-0.15, -0.1) is 0 Å². The molecule has 0 spiro atoms. The summed E-state index contributed by atoms with van der Waals surface area (Å²) in [5.41, 5.74) is 9.23. The van der Waals surface area contributed by atoms with Crippen LogP contribution < -0.4 is 15.4 Å². The highest BCUT2D eigenvalue weighted by atomic mass is 127. The van der Waals surface area contributed by atoms with Gasteiger partial charge < -0.3 is 15.4 Å². The topological polar surface area (TPSA) is 38.5 Å². The molecule has 0 saturated carbocycles. The van der Waals surface area contributed by atoms with Crippen LogP contribution in [-0.4, -0.2) is 20.2 Å². The fourth-order valence-corrected chi connectivity index (χ4v) is 2.93. The molecular formula is C17H21IN2O. The second kappa shape index (κ2) is 7.02. The Hall–Kier alpha value is -1.43. The van der Waals surface area contributed by atoms with Gasteiger partial charge in [-0.3, -0.25) is 0 Å². The molecule has 2 N–H and O–H groups in total. The molecule has 4 heteroatoms. The van der Waals surface area contributed by atoms with Crippen LogP contribution in [-0.2, 0) is 6.42 Å². The first-order chi connectivity index (χ1) is 10.0. The van der Waals surface area contributed by atoms with Gasteiger partial charge in [0, 0.05) is 16.7 Å². The van der Waals surface area contributed by atoms with Crippen molar-refractivity contribution in [2.75, 3.05) is 24.8 Å². The molecule has 112 valence electrons. The summed E-state index contributed by atoms with van der Waals surface area (Å²) in [7, 11) is 3.79. The Morgan fingerprint density at radius 1 is 1.24 bits per heavy atom. The molecule has 0 radical (unpaired) electrons. The Bertz CT molecular complexity index is 615. The quantitative estimate of drug-likeness (QED) is 0.615. The number of likely N-dealkylation sites (N-methyl/N-ethyl adjacent to an activating group) is 1. The lowest BCUT2D eigenvalue weighted by molar-refractivity contribution is 0.408. The lowest BCUT2D eigenvalue weighted by Gasteiger charge is -2.28. The van der Waals surface area contributed by atoms with Crippen LogP contribution in [0.2, 0.25) is 0 Å². The van der Waals surface area contributed by atoms with Crippen LogP contribution in [0, 0.1) is 3.57 Å². The predicted molar refractivity (Wildman–Crippen MR) is 98.1 cm³/mol. The Kier molecular flexibility index (Phi) is 5.33. The zero-order valence-corrected chi connectivity index (χ0v) is 14.8. The standard InChI is InChI=1S/C17H21IN2O/c1-12(10-13-6-4-5-7-17(13)21-3)20(2)16-9-8-14(18)11-15(16)19/h4-9,11-12H,10,19H2,1-3H3. The Labute approximate surface area is 140 Å². The van der Waals surface area contributed by atoms with Crippen LogP contribution >= 0.6 is 22.6 Å². The monoisotopic (exact) mass is 396 g/mol. The Balaban J connectivity index is 2.17. The highest BCUT2D eigenvalue weighted by molar-refractivity contribution is 14.1. The molecule has 0 heterocycles. The maximum atomic E-state index is 6.14. The number of nitrogen functional groups attached to an aromatic ring is 1. The number of anilines is 2. The van der Waals surface area contributed by atoms with E-state index < -0.39 is 0 Å². The number of ether oxygens (including phenoxy) is 1. The smallest absolute Gasteiger partial charge is 0.122 e. The van der Waals surface area contributed by atoms with Crippen LogP contribution in [0.1, 0.15) is 12.5 Å². The SMILES string of the molecule is COc1ccccc1CC(C)N(C)c1ccc(I)cc1N. The van der Waals surface area contributed by atoms with E-state index in [0.717, 1.165) is 27.1 Å². The van der Waals surface area contributed by atoms with Gasteiger partial charge in [0.2, 0.25) is 0 Å². The summed E-state index contributed by atoms with van der Waals surface area (Å²) < 4.78 is 6.58. The van der Waals surface area contributed by atoms with Crippen molar-refractivity contribution in [2.24, 2.45) is 0 Å².